The number of aromatic nitrogens is 2. The molecule has 0 aliphatic heterocycles. The third-order valence-electron chi connectivity index (χ3n) is 3.23. The summed E-state index contributed by atoms with van der Waals surface area (Å²) < 4.78 is 4.63. The molecule has 0 aromatic carbocycles. The van der Waals surface area contributed by atoms with Crippen LogP contribution in [0, 0.1) is 5.41 Å². The van der Waals surface area contributed by atoms with E-state index in [0.29, 0.717) is 5.82 Å². The highest BCUT2D eigenvalue weighted by Crippen LogP contribution is 2.24. The van der Waals surface area contributed by atoms with Crippen molar-refractivity contribution in [2.45, 2.75) is 46.5 Å². The molecule has 0 spiro atoms. The summed E-state index contributed by atoms with van der Waals surface area (Å²) in [5, 5.41) is 3.25. The summed E-state index contributed by atoms with van der Waals surface area (Å²) in [6.07, 6.45) is 7.92. The lowest BCUT2D eigenvalue weighted by molar-refractivity contribution is 0.0593. The molecular weight excluding hydrogens is 254 g/mol. The van der Waals surface area contributed by atoms with Crippen LogP contribution in [-0.2, 0) is 4.74 Å². The largest absolute Gasteiger partial charge is 0.464 e. The van der Waals surface area contributed by atoms with Gasteiger partial charge in [0, 0.05) is 6.54 Å². The lowest BCUT2D eigenvalue weighted by atomic mass is 9.87. The van der Waals surface area contributed by atoms with Gasteiger partial charge in [-0.25, -0.2) is 9.78 Å². The van der Waals surface area contributed by atoms with Gasteiger partial charge in [-0.2, -0.15) is 0 Å². The fourth-order valence-electron chi connectivity index (χ4n) is 1.93. The predicted octanol–water partition coefficient (Wildman–Crippen LogP) is 3.28. The molecule has 0 fully saturated rings. The third-order valence-corrected chi connectivity index (χ3v) is 3.23. The van der Waals surface area contributed by atoms with Crippen LogP contribution in [0.3, 0.4) is 0 Å². The van der Waals surface area contributed by atoms with E-state index in [-0.39, 0.29) is 11.1 Å². The molecule has 1 N–H and O–H groups in total. The first-order valence-corrected chi connectivity index (χ1v) is 7.13. The SMILES string of the molecule is CCCCCC(C)(C)CNc1cncc(C(=O)OC)n1. The average Bonchev–Trinajstić information content (AvgIpc) is 2.45. The van der Waals surface area contributed by atoms with Gasteiger partial charge in [-0.1, -0.05) is 40.0 Å². The number of anilines is 1. The van der Waals surface area contributed by atoms with Crippen molar-refractivity contribution >= 4 is 11.8 Å². The number of hydrogen-bond donors (Lipinski definition) is 1. The zero-order valence-electron chi connectivity index (χ0n) is 12.9. The monoisotopic (exact) mass is 279 g/mol. The van der Waals surface area contributed by atoms with Crippen molar-refractivity contribution in [1.29, 1.82) is 0 Å². The molecular formula is C15H25N3O2. The summed E-state index contributed by atoms with van der Waals surface area (Å²) in [7, 11) is 1.33. The number of methoxy groups -OCH3 is 1. The Kier molecular flexibility index (Phi) is 6.42. The highest BCUT2D eigenvalue weighted by atomic mass is 16.5. The van der Waals surface area contributed by atoms with Gasteiger partial charge in [-0.05, 0) is 11.8 Å². The molecule has 1 aromatic heterocycles. The van der Waals surface area contributed by atoms with Crippen molar-refractivity contribution < 1.29 is 9.53 Å². The minimum atomic E-state index is -0.469. The molecule has 0 amide bonds. The van der Waals surface area contributed by atoms with Crippen molar-refractivity contribution in [3.05, 3.63) is 18.1 Å². The van der Waals surface area contributed by atoms with Crippen LogP contribution in [0.15, 0.2) is 12.4 Å². The molecule has 0 aliphatic rings. The van der Waals surface area contributed by atoms with Crippen LogP contribution in [0.2, 0.25) is 0 Å². The Hall–Kier alpha value is -1.65. The summed E-state index contributed by atoms with van der Waals surface area (Å²) in [4.78, 5) is 19.6. The van der Waals surface area contributed by atoms with Crippen molar-refractivity contribution in [3.8, 4) is 0 Å². The molecule has 0 saturated carbocycles. The Labute approximate surface area is 121 Å². The van der Waals surface area contributed by atoms with Crippen molar-refractivity contribution in [1.82, 2.24) is 9.97 Å². The first kappa shape index (κ1) is 16.4. The van der Waals surface area contributed by atoms with Crippen LogP contribution in [0.25, 0.3) is 0 Å². The standard InChI is InChI=1S/C15H25N3O2/c1-5-6-7-8-15(2,3)11-17-13-10-16-9-12(18-13)14(19)20-4/h9-10H,5-8,11H2,1-4H3,(H,17,18). The minimum Gasteiger partial charge on any atom is -0.464 e. The van der Waals surface area contributed by atoms with Gasteiger partial charge in [0.2, 0.25) is 0 Å². The number of rotatable bonds is 8. The quantitative estimate of drug-likeness (QED) is 0.584. The number of nitrogens with one attached hydrogen (secondary N) is 1. The highest BCUT2D eigenvalue weighted by Gasteiger charge is 2.17. The number of unbranched alkanes of at least 4 members (excludes halogenated alkanes) is 2. The fraction of sp³-hybridized carbons (Fsp3) is 0.667. The molecule has 112 valence electrons. The second kappa shape index (κ2) is 7.82. The van der Waals surface area contributed by atoms with Gasteiger partial charge < -0.3 is 10.1 Å². The summed E-state index contributed by atoms with van der Waals surface area (Å²) in [5.41, 5.74) is 0.416. The molecule has 0 bridgehead atoms. The Morgan fingerprint density at radius 3 is 2.75 bits per heavy atom. The minimum absolute atomic E-state index is 0.193. The van der Waals surface area contributed by atoms with Crippen LogP contribution in [0.1, 0.15) is 56.9 Å². The third kappa shape index (κ3) is 5.55. The van der Waals surface area contributed by atoms with Gasteiger partial charge >= 0.3 is 5.97 Å². The number of carbonyl (C=O) groups is 1. The zero-order chi connectivity index (χ0) is 15.0. The zero-order valence-corrected chi connectivity index (χ0v) is 12.9. The summed E-state index contributed by atoms with van der Waals surface area (Å²) in [6.45, 7) is 7.47. The molecule has 20 heavy (non-hydrogen) atoms. The predicted molar refractivity (Wildman–Crippen MR) is 79.8 cm³/mol. The Balaban J connectivity index is 2.54. The number of carbonyl (C=O) groups excluding carboxylic acids is 1. The van der Waals surface area contributed by atoms with E-state index in [9.17, 15) is 4.79 Å². The summed E-state index contributed by atoms with van der Waals surface area (Å²) in [5.74, 6) is 0.139. The van der Waals surface area contributed by atoms with Crippen molar-refractivity contribution in [2.75, 3.05) is 19.0 Å². The van der Waals surface area contributed by atoms with Crippen LogP contribution >= 0.6 is 0 Å². The van der Waals surface area contributed by atoms with E-state index in [2.05, 4.69) is 40.8 Å². The van der Waals surface area contributed by atoms with Gasteiger partial charge in [0.25, 0.3) is 0 Å². The van der Waals surface area contributed by atoms with Crippen LogP contribution < -0.4 is 5.32 Å². The van der Waals surface area contributed by atoms with E-state index in [1.807, 2.05) is 0 Å². The Morgan fingerprint density at radius 2 is 2.10 bits per heavy atom. The molecule has 0 radical (unpaired) electrons. The maximum atomic E-state index is 11.4. The van der Waals surface area contributed by atoms with Gasteiger partial charge in [-0.3, -0.25) is 4.98 Å². The van der Waals surface area contributed by atoms with Gasteiger partial charge in [0.1, 0.15) is 5.82 Å². The molecule has 1 heterocycles. The average molecular weight is 279 g/mol. The van der Waals surface area contributed by atoms with E-state index >= 15 is 0 Å². The van der Waals surface area contributed by atoms with Crippen LogP contribution in [0.4, 0.5) is 5.82 Å². The highest BCUT2D eigenvalue weighted by molar-refractivity contribution is 5.87. The first-order chi connectivity index (χ1) is 9.48. The lowest BCUT2D eigenvalue weighted by Gasteiger charge is -2.25. The molecule has 5 heteroatoms. The maximum Gasteiger partial charge on any atom is 0.358 e. The van der Waals surface area contributed by atoms with E-state index in [4.69, 9.17) is 0 Å². The Morgan fingerprint density at radius 1 is 1.35 bits per heavy atom. The molecule has 1 rings (SSSR count). The second-order valence-electron chi connectivity index (χ2n) is 5.76. The van der Waals surface area contributed by atoms with Crippen LogP contribution in [0.5, 0.6) is 0 Å². The smallest absolute Gasteiger partial charge is 0.358 e. The van der Waals surface area contributed by atoms with Crippen LogP contribution in [-0.4, -0.2) is 29.6 Å². The van der Waals surface area contributed by atoms with E-state index in [0.717, 1.165) is 13.0 Å². The number of hydrogen-bond acceptors (Lipinski definition) is 5. The maximum absolute atomic E-state index is 11.4. The normalized spacial score (nSPS) is 11.2. The fourth-order valence-corrected chi connectivity index (χ4v) is 1.93. The van der Waals surface area contributed by atoms with E-state index in [1.165, 1.54) is 32.6 Å². The molecule has 0 unspecified atom stereocenters. The number of nitrogens with zero attached hydrogens (tertiary/aromatic N) is 2. The lowest BCUT2D eigenvalue weighted by Crippen LogP contribution is -2.23. The number of ether oxygens (including phenoxy) is 1. The van der Waals surface area contributed by atoms with Crippen molar-refractivity contribution in [3.63, 3.8) is 0 Å². The van der Waals surface area contributed by atoms with Gasteiger partial charge in [0.05, 0.1) is 19.5 Å². The topological polar surface area (TPSA) is 64.1 Å². The molecule has 0 aliphatic carbocycles. The molecule has 1 aromatic rings. The van der Waals surface area contributed by atoms with Gasteiger partial charge in [0.15, 0.2) is 5.69 Å². The van der Waals surface area contributed by atoms with Crippen molar-refractivity contribution in [2.24, 2.45) is 5.41 Å². The van der Waals surface area contributed by atoms with E-state index in [1.54, 1.807) is 6.20 Å². The van der Waals surface area contributed by atoms with Gasteiger partial charge in [-0.15, -0.1) is 0 Å². The number of esters is 1. The first-order valence-electron chi connectivity index (χ1n) is 7.13. The Bertz CT molecular complexity index is 433. The molecule has 0 atom stereocenters. The molecule has 0 saturated heterocycles. The second-order valence-corrected chi connectivity index (χ2v) is 5.76. The molecule has 5 nitrogen and oxygen atoms in total. The summed E-state index contributed by atoms with van der Waals surface area (Å²) in [6, 6.07) is 0. The van der Waals surface area contributed by atoms with E-state index < -0.39 is 5.97 Å². The summed E-state index contributed by atoms with van der Waals surface area (Å²) >= 11 is 0.